The lowest BCUT2D eigenvalue weighted by atomic mass is 9.94. The largest absolute Gasteiger partial charge is 0.289 e. The average molecular weight is 390 g/mol. The van der Waals surface area contributed by atoms with Gasteiger partial charge in [0.15, 0.2) is 4.47 Å². The maximum atomic E-state index is 13.4. The lowest BCUT2D eigenvalue weighted by Gasteiger charge is -2.33. The quantitative estimate of drug-likeness (QED) is 0.550. The van der Waals surface area contributed by atoms with E-state index in [2.05, 4.69) is 9.88 Å². The minimum absolute atomic E-state index is 0.224. The molecule has 0 amide bonds. The van der Waals surface area contributed by atoms with Crippen LogP contribution in [0.5, 0.6) is 0 Å². The van der Waals surface area contributed by atoms with Crippen LogP contribution in [-0.2, 0) is 13.1 Å². The molecular weight excluding hydrogens is 369 g/mol. The molecule has 3 aromatic rings. The van der Waals surface area contributed by atoms with Crippen molar-refractivity contribution in [1.29, 1.82) is 0 Å². The fraction of sp³-hybridized carbons (Fsp3) is 0.400. The van der Waals surface area contributed by atoms with Gasteiger partial charge < -0.3 is 0 Å². The van der Waals surface area contributed by atoms with E-state index >= 15 is 0 Å². The fourth-order valence-corrected chi connectivity index (χ4v) is 4.76. The molecule has 0 N–H and O–H groups in total. The van der Waals surface area contributed by atoms with E-state index in [1.54, 1.807) is 17.4 Å². The number of thiazole rings is 1. The first-order valence-electron chi connectivity index (χ1n) is 9.07. The van der Waals surface area contributed by atoms with Crippen LogP contribution in [0.1, 0.15) is 42.7 Å². The first-order chi connectivity index (χ1) is 12.7. The first-order valence-corrected chi connectivity index (χ1v) is 10.3. The molecular formula is C20H21ClFN3S. The van der Waals surface area contributed by atoms with Gasteiger partial charge in [-0.1, -0.05) is 36.9 Å². The number of aromatic nitrogens is 2. The first kappa shape index (κ1) is 17.8. The smallest absolute Gasteiger partial charge is 0.183 e. The molecule has 2 aromatic heterocycles. The van der Waals surface area contributed by atoms with Crippen molar-refractivity contribution in [2.24, 2.45) is 0 Å². The van der Waals surface area contributed by atoms with Crippen molar-refractivity contribution in [2.75, 3.05) is 0 Å². The number of halogens is 2. The van der Waals surface area contributed by atoms with Crippen LogP contribution in [0, 0.1) is 5.82 Å². The molecule has 1 aromatic carbocycles. The van der Waals surface area contributed by atoms with E-state index in [1.807, 2.05) is 18.3 Å². The maximum Gasteiger partial charge on any atom is 0.183 e. The van der Waals surface area contributed by atoms with Gasteiger partial charge in [-0.15, -0.1) is 11.3 Å². The van der Waals surface area contributed by atoms with Crippen molar-refractivity contribution < 1.29 is 4.39 Å². The highest BCUT2D eigenvalue weighted by Crippen LogP contribution is 2.28. The van der Waals surface area contributed by atoms with Crippen molar-refractivity contribution in [1.82, 2.24) is 14.9 Å². The summed E-state index contributed by atoms with van der Waals surface area (Å²) in [4.78, 5) is 12.6. The van der Waals surface area contributed by atoms with Gasteiger partial charge in [0.25, 0.3) is 0 Å². The normalized spacial score (nSPS) is 15.8. The Hall–Kier alpha value is -1.56. The van der Waals surface area contributed by atoms with Gasteiger partial charge >= 0.3 is 0 Å². The zero-order valence-corrected chi connectivity index (χ0v) is 16.1. The van der Waals surface area contributed by atoms with E-state index in [0.29, 0.717) is 10.5 Å². The summed E-state index contributed by atoms with van der Waals surface area (Å²) in [5.41, 5.74) is 1.86. The summed E-state index contributed by atoms with van der Waals surface area (Å²) in [5.74, 6) is -0.224. The van der Waals surface area contributed by atoms with Crippen LogP contribution in [0.4, 0.5) is 4.39 Å². The molecule has 1 aliphatic carbocycles. The summed E-state index contributed by atoms with van der Waals surface area (Å²) >= 11 is 7.56. The molecule has 0 unspecified atom stereocenters. The van der Waals surface area contributed by atoms with Crippen molar-refractivity contribution in [2.45, 2.75) is 51.2 Å². The molecule has 0 spiro atoms. The molecule has 4 rings (SSSR count). The summed E-state index contributed by atoms with van der Waals surface area (Å²) in [6.45, 7) is 1.63. The van der Waals surface area contributed by atoms with Crippen LogP contribution in [0.15, 0.2) is 36.5 Å². The monoisotopic (exact) mass is 389 g/mol. The number of hydrogen-bond donors (Lipinski definition) is 0. The second-order valence-electron chi connectivity index (χ2n) is 6.92. The minimum atomic E-state index is -0.224. The summed E-state index contributed by atoms with van der Waals surface area (Å²) in [5, 5.41) is 0.840. The molecule has 0 bridgehead atoms. The third-order valence-electron chi connectivity index (χ3n) is 5.05. The molecule has 6 heteroatoms. The van der Waals surface area contributed by atoms with E-state index in [9.17, 15) is 4.39 Å². The second-order valence-corrected chi connectivity index (χ2v) is 8.61. The van der Waals surface area contributed by atoms with E-state index in [4.69, 9.17) is 16.6 Å². The number of nitrogens with zero attached hydrogens (tertiary/aromatic N) is 3. The molecule has 0 atom stereocenters. The topological polar surface area (TPSA) is 29.0 Å². The highest BCUT2D eigenvalue weighted by molar-refractivity contribution is 7.15. The van der Waals surface area contributed by atoms with E-state index < -0.39 is 0 Å². The molecule has 2 heterocycles. The van der Waals surface area contributed by atoms with Crippen LogP contribution in [0.25, 0.3) is 10.9 Å². The summed E-state index contributed by atoms with van der Waals surface area (Å²) in [7, 11) is 0. The summed E-state index contributed by atoms with van der Waals surface area (Å²) < 4.78 is 14.0. The summed E-state index contributed by atoms with van der Waals surface area (Å²) in [6.07, 6.45) is 8.23. The van der Waals surface area contributed by atoms with Gasteiger partial charge in [-0.2, -0.15) is 0 Å². The standard InChI is InChI=1S/C20H21ClFN3S/c21-20-23-11-18(26-20)13-25(17-4-2-1-3-5-17)12-16-8-6-14-10-15(22)7-9-19(14)24-16/h6-11,17H,1-5,12-13H2. The van der Waals surface area contributed by atoms with Crippen LogP contribution < -0.4 is 0 Å². The number of rotatable bonds is 5. The Kier molecular flexibility index (Phi) is 5.48. The lowest BCUT2D eigenvalue weighted by molar-refractivity contribution is 0.139. The predicted octanol–water partition coefficient (Wildman–Crippen LogP) is 5.82. The van der Waals surface area contributed by atoms with Crippen molar-refractivity contribution in [3.8, 4) is 0 Å². The molecule has 3 nitrogen and oxygen atoms in total. The Morgan fingerprint density at radius 2 is 1.96 bits per heavy atom. The highest BCUT2D eigenvalue weighted by atomic mass is 35.5. The zero-order valence-electron chi connectivity index (χ0n) is 14.5. The fourth-order valence-electron chi connectivity index (χ4n) is 3.75. The van der Waals surface area contributed by atoms with Gasteiger partial charge in [0.05, 0.1) is 11.2 Å². The highest BCUT2D eigenvalue weighted by Gasteiger charge is 2.22. The molecule has 0 aliphatic heterocycles. The Balaban J connectivity index is 1.57. The number of fused-ring (bicyclic) bond motifs is 1. The number of hydrogen-bond acceptors (Lipinski definition) is 4. The van der Waals surface area contributed by atoms with Gasteiger partial charge in [0.1, 0.15) is 5.82 Å². The summed E-state index contributed by atoms with van der Waals surface area (Å²) in [6, 6.07) is 9.29. The van der Waals surface area contributed by atoms with Gasteiger partial charge in [0.2, 0.25) is 0 Å². The van der Waals surface area contributed by atoms with Gasteiger partial charge in [-0.3, -0.25) is 9.88 Å². The Morgan fingerprint density at radius 3 is 2.73 bits per heavy atom. The molecule has 1 aliphatic rings. The molecule has 0 saturated heterocycles. The van der Waals surface area contributed by atoms with E-state index in [0.717, 1.165) is 29.7 Å². The van der Waals surface area contributed by atoms with Crippen LogP contribution in [-0.4, -0.2) is 20.9 Å². The number of benzene rings is 1. The van der Waals surface area contributed by atoms with E-state index in [-0.39, 0.29) is 5.82 Å². The average Bonchev–Trinajstić information content (AvgIpc) is 3.07. The predicted molar refractivity (Wildman–Crippen MR) is 105 cm³/mol. The van der Waals surface area contributed by atoms with Gasteiger partial charge in [0, 0.05) is 35.6 Å². The van der Waals surface area contributed by atoms with E-state index in [1.165, 1.54) is 49.1 Å². The second kappa shape index (κ2) is 7.99. The molecule has 1 saturated carbocycles. The number of pyridine rings is 1. The third kappa shape index (κ3) is 4.22. The van der Waals surface area contributed by atoms with Crippen LogP contribution in [0.3, 0.4) is 0 Å². The third-order valence-corrected chi connectivity index (χ3v) is 6.15. The van der Waals surface area contributed by atoms with Gasteiger partial charge in [-0.25, -0.2) is 9.37 Å². The minimum Gasteiger partial charge on any atom is -0.289 e. The maximum absolute atomic E-state index is 13.4. The molecule has 0 radical (unpaired) electrons. The van der Waals surface area contributed by atoms with Gasteiger partial charge in [-0.05, 0) is 37.1 Å². The lowest BCUT2D eigenvalue weighted by Crippen LogP contribution is -2.35. The Morgan fingerprint density at radius 1 is 1.12 bits per heavy atom. The Labute approximate surface area is 161 Å². The van der Waals surface area contributed by atoms with Crippen molar-refractivity contribution in [3.63, 3.8) is 0 Å². The zero-order chi connectivity index (χ0) is 17.9. The molecule has 26 heavy (non-hydrogen) atoms. The Bertz CT molecular complexity index is 892. The molecule has 136 valence electrons. The van der Waals surface area contributed by atoms with Crippen molar-refractivity contribution >= 4 is 33.8 Å². The molecule has 1 fully saturated rings. The SMILES string of the molecule is Fc1ccc2nc(CN(Cc3cnc(Cl)s3)C3CCCCC3)ccc2c1. The van der Waals surface area contributed by atoms with Crippen molar-refractivity contribution in [3.05, 3.63) is 57.4 Å². The van der Waals surface area contributed by atoms with Crippen LogP contribution in [0.2, 0.25) is 4.47 Å². The van der Waals surface area contributed by atoms with Crippen LogP contribution >= 0.6 is 22.9 Å².